The number of ether oxygens (including phenoxy) is 1. The summed E-state index contributed by atoms with van der Waals surface area (Å²) in [6.07, 6.45) is 3.42. The minimum absolute atomic E-state index is 0.0520. The topological polar surface area (TPSA) is 81.4 Å². The van der Waals surface area contributed by atoms with Crippen LogP contribution in [0.25, 0.3) is 0 Å². The summed E-state index contributed by atoms with van der Waals surface area (Å²) in [6, 6.07) is 7.07. The number of para-hydroxylation sites is 2. The second kappa shape index (κ2) is 7.13. The van der Waals surface area contributed by atoms with Gasteiger partial charge in [-0.25, -0.2) is 13.1 Å². The SMILES string of the molecule is CC1CCC(CNS(=O)(=O)CCOc2ccccc2N)C1. The molecule has 2 atom stereocenters. The number of rotatable bonds is 7. The zero-order valence-corrected chi connectivity index (χ0v) is 13.2. The molecule has 0 bridgehead atoms. The van der Waals surface area contributed by atoms with Gasteiger partial charge in [0.15, 0.2) is 0 Å². The summed E-state index contributed by atoms with van der Waals surface area (Å²) in [6.45, 7) is 2.86. The van der Waals surface area contributed by atoms with Crippen LogP contribution in [0, 0.1) is 11.8 Å². The highest BCUT2D eigenvalue weighted by Gasteiger charge is 2.22. The number of hydrogen-bond acceptors (Lipinski definition) is 4. The smallest absolute Gasteiger partial charge is 0.214 e. The molecule has 0 aliphatic heterocycles. The quantitative estimate of drug-likeness (QED) is 0.755. The first kappa shape index (κ1) is 16.1. The van der Waals surface area contributed by atoms with Crippen molar-refractivity contribution in [3.8, 4) is 5.75 Å². The van der Waals surface area contributed by atoms with Crippen molar-refractivity contribution < 1.29 is 13.2 Å². The Morgan fingerprint density at radius 2 is 2.10 bits per heavy atom. The van der Waals surface area contributed by atoms with E-state index in [4.69, 9.17) is 10.5 Å². The lowest BCUT2D eigenvalue weighted by atomic mass is 10.1. The molecule has 118 valence electrons. The van der Waals surface area contributed by atoms with Gasteiger partial charge in [-0.05, 0) is 36.8 Å². The zero-order valence-electron chi connectivity index (χ0n) is 12.4. The fraction of sp³-hybridized carbons (Fsp3) is 0.600. The maximum Gasteiger partial charge on any atom is 0.214 e. The molecule has 1 aliphatic carbocycles. The van der Waals surface area contributed by atoms with Crippen molar-refractivity contribution in [3.63, 3.8) is 0 Å². The van der Waals surface area contributed by atoms with Gasteiger partial charge >= 0.3 is 0 Å². The van der Waals surface area contributed by atoms with Crippen LogP contribution in [0.5, 0.6) is 5.75 Å². The first-order chi connectivity index (χ1) is 9.96. The molecule has 1 aromatic carbocycles. The van der Waals surface area contributed by atoms with Gasteiger partial charge in [0.25, 0.3) is 0 Å². The predicted octanol–water partition coefficient (Wildman–Crippen LogP) is 2.00. The van der Waals surface area contributed by atoms with Crippen LogP contribution in [-0.4, -0.2) is 27.3 Å². The van der Waals surface area contributed by atoms with Gasteiger partial charge in [0.05, 0.1) is 11.4 Å². The molecule has 1 fully saturated rings. The first-order valence-corrected chi connectivity index (χ1v) is 9.06. The summed E-state index contributed by atoms with van der Waals surface area (Å²) in [7, 11) is -3.29. The van der Waals surface area contributed by atoms with E-state index in [9.17, 15) is 8.42 Å². The maximum absolute atomic E-state index is 11.9. The Balaban J connectivity index is 1.73. The molecule has 1 aromatic rings. The fourth-order valence-corrected chi connectivity index (χ4v) is 3.64. The molecule has 6 heteroatoms. The average Bonchev–Trinajstić information content (AvgIpc) is 2.85. The highest BCUT2D eigenvalue weighted by atomic mass is 32.2. The predicted molar refractivity (Wildman–Crippen MR) is 84.6 cm³/mol. The molecule has 21 heavy (non-hydrogen) atoms. The lowest BCUT2D eigenvalue weighted by molar-refractivity contribution is 0.342. The van der Waals surface area contributed by atoms with Gasteiger partial charge in [-0.2, -0.15) is 0 Å². The Labute approximate surface area is 126 Å². The van der Waals surface area contributed by atoms with Crippen LogP contribution < -0.4 is 15.2 Å². The molecule has 2 unspecified atom stereocenters. The maximum atomic E-state index is 11.9. The monoisotopic (exact) mass is 312 g/mol. The van der Waals surface area contributed by atoms with Gasteiger partial charge < -0.3 is 10.5 Å². The van der Waals surface area contributed by atoms with Gasteiger partial charge in [-0.3, -0.25) is 0 Å². The van der Waals surface area contributed by atoms with Crippen LogP contribution in [0.4, 0.5) is 5.69 Å². The molecule has 1 aliphatic rings. The number of anilines is 1. The summed E-state index contributed by atoms with van der Waals surface area (Å²) in [5.41, 5.74) is 6.25. The number of benzene rings is 1. The van der Waals surface area contributed by atoms with Crippen molar-refractivity contribution in [2.45, 2.75) is 26.2 Å². The van der Waals surface area contributed by atoms with Crippen molar-refractivity contribution in [2.24, 2.45) is 11.8 Å². The van der Waals surface area contributed by atoms with E-state index in [1.54, 1.807) is 18.2 Å². The minimum atomic E-state index is -3.29. The number of nitrogens with two attached hydrogens (primary N) is 1. The lowest BCUT2D eigenvalue weighted by Gasteiger charge is -2.12. The van der Waals surface area contributed by atoms with Gasteiger partial charge in [0, 0.05) is 6.54 Å². The summed E-state index contributed by atoms with van der Waals surface area (Å²) in [5, 5.41) is 0. The van der Waals surface area contributed by atoms with E-state index in [0.717, 1.165) is 12.8 Å². The number of nitrogen functional groups attached to an aromatic ring is 1. The number of nitrogens with one attached hydrogen (secondary N) is 1. The Hall–Kier alpha value is -1.27. The van der Waals surface area contributed by atoms with Crippen LogP contribution >= 0.6 is 0 Å². The van der Waals surface area contributed by atoms with Gasteiger partial charge in [0.1, 0.15) is 12.4 Å². The highest BCUT2D eigenvalue weighted by molar-refractivity contribution is 7.89. The van der Waals surface area contributed by atoms with E-state index < -0.39 is 10.0 Å². The number of sulfonamides is 1. The van der Waals surface area contributed by atoms with Crippen molar-refractivity contribution in [3.05, 3.63) is 24.3 Å². The lowest BCUT2D eigenvalue weighted by Crippen LogP contribution is -2.32. The van der Waals surface area contributed by atoms with Crippen LogP contribution in [0.15, 0.2) is 24.3 Å². The second-order valence-corrected chi connectivity index (χ2v) is 7.76. The van der Waals surface area contributed by atoms with Gasteiger partial charge in [-0.1, -0.05) is 25.5 Å². The summed E-state index contributed by atoms with van der Waals surface area (Å²) < 4.78 is 31.9. The summed E-state index contributed by atoms with van der Waals surface area (Å²) in [5.74, 6) is 1.66. The zero-order chi connectivity index (χ0) is 15.3. The van der Waals surface area contributed by atoms with Crippen molar-refractivity contribution in [1.82, 2.24) is 4.72 Å². The number of hydrogen-bond donors (Lipinski definition) is 2. The van der Waals surface area contributed by atoms with Gasteiger partial charge in [-0.15, -0.1) is 0 Å². The standard InChI is InChI=1S/C15H24N2O3S/c1-12-6-7-13(10-12)11-17-21(18,19)9-8-20-15-5-3-2-4-14(15)16/h2-5,12-13,17H,6-11,16H2,1H3. The van der Waals surface area contributed by atoms with Crippen LogP contribution in [0.3, 0.4) is 0 Å². The third-order valence-corrected chi connectivity index (χ3v) is 5.23. The molecule has 3 N–H and O–H groups in total. The molecule has 5 nitrogen and oxygen atoms in total. The third-order valence-electron chi connectivity index (χ3n) is 3.92. The normalized spacial score (nSPS) is 22.3. The van der Waals surface area contributed by atoms with E-state index in [0.29, 0.717) is 29.8 Å². The van der Waals surface area contributed by atoms with E-state index in [1.165, 1.54) is 6.42 Å². The van der Waals surface area contributed by atoms with Crippen LogP contribution in [0.2, 0.25) is 0 Å². The third kappa shape index (κ3) is 5.21. The Morgan fingerprint density at radius 3 is 2.76 bits per heavy atom. The molecule has 0 heterocycles. The largest absolute Gasteiger partial charge is 0.490 e. The van der Waals surface area contributed by atoms with E-state index in [2.05, 4.69) is 11.6 Å². The Kier molecular flexibility index (Phi) is 5.47. The van der Waals surface area contributed by atoms with Crippen molar-refractivity contribution in [2.75, 3.05) is 24.6 Å². The van der Waals surface area contributed by atoms with Crippen molar-refractivity contribution >= 4 is 15.7 Å². The van der Waals surface area contributed by atoms with Crippen molar-refractivity contribution in [1.29, 1.82) is 0 Å². The Morgan fingerprint density at radius 1 is 1.33 bits per heavy atom. The van der Waals surface area contributed by atoms with E-state index in [1.807, 2.05) is 6.07 Å². The molecule has 0 spiro atoms. The molecule has 2 rings (SSSR count). The van der Waals surface area contributed by atoms with E-state index >= 15 is 0 Å². The Bertz CT molecular complexity index is 560. The van der Waals surface area contributed by atoms with E-state index in [-0.39, 0.29) is 12.4 Å². The average molecular weight is 312 g/mol. The molecule has 0 saturated heterocycles. The molecule has 0 radical (unpaired) electrons. The molecule has 1 saturated carbocycles. The molecular formula is C15H24N2O3S. The minimum Gasteiger partial charge on any atom is -0.490 e. The molecule has 0 aromatic heterocycles. The summed E-state index contributed by atoms with van der Waals surface area (Å²) in [4.78, 5) is 0. The highest BCUT2D eigenvalue weighted by Crippen LogP contribution is 2.29. The van der Waals surface area contributed by atoms with Crippen LogP contribution in [-0.2, 0) is 10.0 Å². The first-order valence-electron chi connectivity index (χ1n) is 7.41. The van der Waals surface area contributed by atoms with Crippen LogP contribution in [0.1, 0.15) is 26.2 Å². The fourth-order valence-electron chi connectivity index (χ4n) is 2.70. The molecular weight excluding hydrogens is 288 g/mol. The summed E-state index contributed by atoms with van der Waals surface area (Å²) >= 11 is 0. The molecule has 0 amide bonds. The van der Waals surface area contributed by atoms with Gasteiger partial charge in [0.2, 0.25) is 10.0 Å². The second-order valence-electron chi connectivity index (χ2n) is 5.84.